The zero-order valence-corrected chi connectivity index (χ0v) is 9.92. The average Bonchev–Trinajstić information content (AvgIpc) is 1.63. The van der Waals surface area contributed by atoms with Crippen molar-refractivity contribution >= 4 is 28.8 Å². The van der Waals surface area contributed by atoms with Gasteiger partial charge in [0.1, 0.15) is 0 Å². The van der Waals surface area contributed by atoms with Crippen LogP contribution in [0, 0.1) is 11.5 Å². The number of hydrogen-bond acceptors (Lipinski definition) is 4. The van der Waals surface area contributed by atoms with Crippen molar-refractivity contribution in [2.45, 2.75) is 19.1 Å². The van der Waals surface area contributed by atoms with E-state index >= 15 is 0 Å². The molecule has 0 aromatic carbocycles. The molecule has 0 unspecified atom stereocenters. The molecule has 0 radical (unpaired) electrons. The topological polar surface area (TPSA) is 36.1 Å². The Morgan fingerprint density at radius 1 is 1.70 bits per heavy atom. The average molecular weight is 182 g/mol. The molecule has 0 aliphatic heterocycles. The predicted octanol–water partition coefficient (Wildman–Crippen LogP) is -1.48. The van der Waals surface area contributed by atoms with E-state index in [-0.39, 0.29) is 29.6 Å². The van der Waals surface area contributed by atoms with Gasteiger partial charge in [-0.15, -0.1) is 11.8 Å². The zero-order chi connectivity index (χ0) is 7.28. The molecule has 0 spiro atoms. The van der Waals surface area contributed by atoms with Crippen LogP contribution in [0.3, 0.4) is 0 Å². The molecule has 10 heavy (non-hydrogen) atoms. The molecular formula is C5H7N2NaS2. The molecule has 50 valence electrons. The van der Waals surface area contributed by atoms with E-state index in [9.17, 15) is 0 Å². The Morgan fingerprint density at radius 2 is 2.20 bits per heavy atom. The first-order valence-corrected chi connectivity index (χ1v) is 3.76. The third-order valence-electron chi connectivity index (χ3n) is 0.478. The van der Waals surface area contributed by atoms with Crippen molar-refractivity contribution in [1.82, 2.24) is 0 Å². The number of nitriles is 1. The third kappa shape index (κ3) is 8.73. The second kappa shape index (κ2) is 7.83. The first-order valence-electron chi connectivity index (χ1n) is 2.47. The molecule has 0 amide bonds. The van der Waals surface area contributed by atoms with Gasteiger partial charge in [-0.3, -0.25) is 0 Å². The van der Waals surface area contributed by atoms with Gasteiger partial charge in [-0.05, 0) is 4.38 Å². The Balaban J connectivity index is 0. The Hall–Kier alpha value is 0.730. The van der Waals surface area contributed by atoms with E-state index in [1.807, 2.05) is 13.8 Å². The summed E-state index contributed by atoms with van der Waals surface area (Å²) >= 11 is 6.12. The van der Waals surface area contributed by atoms with Crippen LogP contribution in [0.15, 0.2) is 4.99 Å². The van der Waals surface area contributed by atoms with E-state index in [1.54, 1.807) is 6.19 Å². The van der Waals surface area contributed by atoms with Gasteiger partial charge in [-0.25, -0.2) is 0 Å². The molecule has 0 heterocycles. The van der Waals surface area contributed by atoms with Crippen LogP contribution in [-0.2, 0) is 12.6 Å². The fraction of sp³-hybridized carbons (Fsp3) is 0.600. The van der Waals surface area contributed by atoms with Crippen molar-refractivity contribution in [3.05, 3.63) is 0 Å². The molecule has 0 atom stereocenters. The van der Waals surface area contributed by atoms with Crippen LogP contribution in [0.4, 0.5) is 0 Å². The molecule has 0 aliphatic carbocycles. The van der Waals surface area contributed by atoms with Crippen LogP contribution in [0.5, 0.6) is 0 Å². The summed E-state index contributed by atoms with van der Waals surface area (Å²) in [6.07, 6.45) is 1.64. The summed E-state index contributed by atoms with van der Waals surface area (Å²) in [4.78, 5) is 3.36. The molecule has 0 saturated carbocycles. The largest absolute Gasteiger partial charge is 1.00 e. The molecule has 0 aromatic heterocycles. The standard InChI is InChI=1S/C5H8N2S2.Na/c1-4(2)9-5(8)7-3-6;/h4H,1-2H3,(H,7,8);/q;+1/p-1. The maximum Gasteiger partial charge on any atom is 1.00 e. The van der Waals surface area contributed by atoms with Gasteiger partial charge in [0.25, 0.3) is 0 Å². The van der Waals surface area contributed by atoms with Gasteiger partial charge in [0.15, 0.2) is 0 Å². The normalized spacial score (nSPS) is 10.4. The van der Waals surface area contributed by atoms with Crippen molar-refractivity contribution in [2.75, 3.05) is 0 Å². The van der Waals surface area contributed by atoms with Gasteiger partial charge in [0, 0.05) is 5.25 Å². The van der Waals surface area contributed by atoms with Crippen molar-refractivity contribution in [3.8, 4) is 6.19 Å². The van der Waals surface area contributed by atoms with Crippen LogP contribution >= 0.6 is 11.8 Å². The van der Waals surface area contributed by atoms with Crippen molar-refractivity contribution in [1.29, 1.82) is 5.26 Å². The van der Waals surface area contributed by atoms with Gasteiger partial charge in [0.05, 0.1) is 0 Å². The Morgan fingerprint density at radius 3 is 2.50 bits per heavy atom. The quantitative estimate of drug-likeness (QED) is 0.163. The van der Waals surface area contributed by atoms with E-state index < -0.39 is 0 Å². The first-order chi connectivity index (χ1) is 4.16. The summed E-state index contributed by atoms with van der Waals surface area (Å²) < 4.78 is 0.424. The van der Waals surface area contributed by atoms with Gasteiger partial charge in [-0.1, -0.05) is 13.8 Å². The number of thioether (sulfide) groups is 1. The van der Waals surface area contributed by atoms with E-state index in [2.05, 4.69) is 4.99 Å². The predicted molar refractivity (Wildman–Crippen MR) is 43.1 cm³/mol. The molecule has 0 fully saturated rings. The van der Waals surface area contributed by atoms with Gasteiger partial charge in [0.2, 0.25) is 6.19 Å². The van der Waals surface area contributed by atoms with Gasteiger partial charge in [-0.2, -0.15) is 10.3 Å². The Bertz CT molecular complexity index is 150. The van der Waals surface area contributed by atoms with Crippen LogP contribution in [0.25, 0.3) is 0 Å². The second-order valence-corrected chi connectivity index (χ2v) is 3.85. The minimum absolute atomic E-state index is 0. The Kier molecular flexibility index (Phi) is 10.4. The molecule has 0 saturated heterocycles. The number of nitrogens with zero attached hydrogens (tertiary/aromatic N) is 2. The molecule has 0 aliphatic rings. The van der Waals surface area contributed by atoms with Crippen molar-refractivity contribution < 1.29 is 29.6 Å². The maximum absolute atomic E-state index is 8.03. The minimum Gasteiger partial charge on any atom is -0.752 e. The molecule has 0 bridgehead atoms. The van der Waals surface area contributed by atoms with Crippen LogP contribution < -0.4 is 29.6 Å². The zero-order valence-electron chi connectivity index (χ0n) is 6.29. The molecule has 2 nitrogen and oxygen atoms in total. The smallest absolute Gasteiger partial charge is 0.752 e. The first kappa shape index (κ1) is 13.3. The maximum atomic E-state index is 8.03. The molecular weight excluding hydrogens is 175 g/mol. The molecule has 0 aromatic rings. The summed E-state index contributed by atoms with van der Waals surface area (Å²) in [5, 5.41) is 8.44. The fourth-order valence-corrected chi connectivity index (χ4v) is 1.38. The number of rotatable bonds is 1. The summed E-state index contributed by atoms with van der Waals surface area (Å²) in [6, 6.07) is 0. The molecule has 5 heteroatoms. The monoisotopic (exact) mass is 182 g/mol. The van der Waals surface area contributed by atoms with E-state index in [1.165, 1.54) is 11.8 Å². The number of hydrogen-bond donors (Lipinski definition) is 0. The number of aliphatic imine (C=N–C) groups is 1. The summed E-state index contributed by atoms with van der Waals surface area (Å²) in [5.74, 6) is 0. The van der Waals surface area contributed by atoms with E-state index in [0.717, 1.165) is 0 Å². The molecule has 0 N–H and O–H groups in total. The van der Waals surface area contributed by atoms with Crippen LogP contribution in [0.1, 0.15) is 13.8 Å². The van der Waals surface area contributed by atoms with Crippen molar-refractivity contribution in [2.24, 2.45) is 4.99 Å². The second-order valence-electron chi connectivity index (χ2n) is 1.64. The van der Waals surface area contributed by atoms with Crippen LogP contribution in [0.2, 0.25) is 0 Å². The summed E-state index contributed by atoms with van der Waals surface area (Å²) in [5.41, 5.74) is 0. The SMILES string of the molecule is CC(C)SC([S-])=NC#N.[Na+]. The molecule has 0 rings (SSSR count). The minimum atomic E-state index is 0. The summed E-state index contributed by atoms with van der Waals surface area (Å²) in [6.45, 7) is 4.01. The van der Waals surface area contributed by atoms with Gasteiger partial charge < -0.3 is 12.6 Å². The van der Waals surface area contributed by atoms with E-state index in [4.69, 9.17) is 17.9 Å². The summed E-state index contributed by atoms with van der Waals surface area (Å²) in [7, 11) is 0. The fourth-order valence-electron chi connectivity index (χ4n) is 0.269. The van der Waals surface area contributed by atoms with Gasteiger partial charge >= 0.3 is 29.6 Å². The Labute approximate surface area is 93.2 Å². The van der Waals surface area contributed by atoms with E-state index in [0.29, 0.717) is 9.63 Å². The van der Waals surface area contributed by atoms with Crippen LogP contribution in [-0.4, -0.2) is 9.63 Å². The van der Waals surface area contributed by atoms with Crippen molar-refractivity contribution in [3.63, 3.8) is 0 Å². The third-order valence-corrected chi connectivity index (χ3v) is 1.62.